The van der Waals surface area contributed by atoms with E-state index in [4.69, 9.17) is 4.98 Å². The average Bonchev–Trinajstić information content (AvgIpc) is 3.31. The van der Waals surface area contributed by atoms with E-state index in [-0.39, 0.29) is 37.2 Å². The highest BCUT2D eigenvalue weighted by Crippen LogP contribution is 2.33. The van der Waals surface area contributed by atoms with E-state index in [1.807, 2.05) is 0 Å². The first kappa shape index (κ1) is 31.9. The third-order valence-electron chi connectivity index (χ3n) is 7.23. The van der Waals surface area contributed by atoms with Crippen LogP contribution in [-0.2, 0) is 0 Å². The van der Waals surface area contributed by atoms with Gasteiger partial charge in [0.15, 0.2) is 0 Å². The zero-order valence-corrected chi connectivity index (χ0v) is 24.6. The Labute approximate surface area is 246 Å². The summed E-state index contributed by atoms with van der Waals surface area (Å²) < 4.78 is 0. The van der Waals surface area contributed by atoms with Gasteiger partial charge in [-0.25, -0.2) is 4.98 Å². The van der Waals surface area contributed by atoms with Gasteiger partial charge in [-0.15, -0.1) is 37.2 Å². The van der Waals surface area contributed by atoms with E-state index in [1.54, 1.807) is 0 Å². The summed E-state index contributed by atoms with van der Waals surface area (Å²) in [4.78, 5) is 14.0. The standard InChI is InChI=1S/C31H36N4.3ClH/c1-3-13-28(29-24(2)32-31(33-29)27-18-11-6-12-19-27)34-20-22-35(23-21-34)30(25-14-7-4-8-15-25)26-16-9-5-10-17-26;;;/h4-12,14-19,28,30H,3,13,20-23H2,1-2H3,(H,32,33);3*1H. The van der Waals surface area contributed by atoms with Crippen LogP contribution in [0.25, 0.3) is 11.4 Å². The lowest BCUT2D eigenvalue weighted by atomic mass is 9.96. The van der Waals surface area contributed by atoms with Crippen molar-refractivity contribution in [2.24, 2.45) is 0 Å². The molecular formula is C31H39Cl3N4. The number of aromatic amines is 1. The molecule has 1 aliphatic rings. The lowest BCUT2D eigenvalue weighted by Gasteiger charge is -2.42. The molecule has 0 saturated carbocycles. The number of nitrogens with one attached hydrogen (secondary N) is 1. The van der Waals surface area contributed by atoms with E-state index < -0.39 is 0 Å². The van der Waals surface area contributed by atoms with E-state index in [0.29, 0.717) is 12.1 Å². The molecule has 5 rings (SSSR count). The fourth-order valence-electron chi connectivity index (χ4n) is 5.49. The number of imidazole rings is 1. The molecule has 1 saturated heterocycles. The van der Waals surface area contributed by atoms with Crippen molar-refractivity contribution < 1.29 is 0 Å². The van der Waals surface area contributed by atoms with Crippen LogP contribution in [0, 0.1) is 6.92 Å². The number of hydrogen-bond donors (Lipinski definition) is 1. The van der Waals surface area contributed by atoms with E-state index in [2.05, 4.69) is 120 Å². The van der Waals surface area contributed by atoms with Crippen LogP contribution in [0.1, 0.15) is 54.4 Å². The normalized spacial score (nSPS) is 14.7. The van der Waals surface area contributed by atoms with Crippen molar-refractivity contribution in [2.45, 2.75) is 38.8 Å². The highest BCUT2D eigenvalue weighted by molar-refractivity contribution is 5.86. The van der Waals surface area contributed by atoms with Gasteiger partial charge in [-0.05, 0) is 24.5 Å². The molecule has 0 radical (unpaired) electrons. The van der Waals surface area contributed by atoms with E-state index >= 15 is 0 Å². The third kappa shape index (κ3) is 7.19. The molecule has 1 aromatic heterocycles. The van der Waals surface area contributed by atoms with Crippen molar-refractivity contribution >= 4 is 37.2 Å². The number of halogens is 3. The molecule has 204 valence electrons. The number of hydrogen-bond acceptors (Lipinski definition) is 3. The number of piperazine rings is 1. The van der Waals surface area contributed by atoms with Crippen LogP contribution in [0.15, 0.2) is 91.0 Å². The molecule has 0 aliphatic carbocycles. The van der Waals surface area contributed by atoms with Gasteiger partial charge in [-0.2, -0.15) is 0 Å². The fraction of sp³-hybridized carbons (Fsp3) is 0.323. The minimum Gasteiger partial charge on any atom is -0.342 e. The second kappa shape index (κ2) is 15.3. The predicted molar refractivity (Wildman–Crippen MR) is 166 cm³/mol. The number of nitrogens with zero attached hydrogens (tertiary/aromatic N) is 3. The van der Waals surface area contributed by atoms with Crippen LogP contribution in [0.5, 0.6) is 0 Å². The van der Waals surface area contributed by atoms with Gasteiger partial charge in [-0.3, -0.25) is 9.80 Å². The molecule has 4 nitrogen and oxygen atoms in total. The van der Waals surface area contributed by atoms with Crippen molar-refractivity contribution in [3.05, 3.63) is 114 Å². The van der Waals surface area contributed by atoms with E-state index in [1.165, 1.54) is 22.5 Å². The fourth-order valence-corrected chi connectivity index (χ4v) is 5.49. The first-order valence-corrected chi connectivity index (χ1v) is 12.9. The molecule has 3 aromatic carbocycles. The Morgan fingerprint density at radius 1 is 0.711 bits per heavy atom. The summed E-state index contributed by atoms with van der Waals surface area (Å²) in [5, 5.41) is 0. The lowest BCUT2D eigenvalue weighted by Crippen LogP contribution is -2.49. The van der Waals surface area contributed by atoms with Gasteiger partial charge < -0.3 is 4.98 Å². The summed E-state index contributed by atoms with van der Waals surface area (Å²) in [6, 6.07) is 33.0. The highest BCUT2D eigenvalue weighted by Gasteiger charge is 2.31. The summed E-state index contributed by atoms with van der Waals surface area (Å²) in [7, 11) is 0. The molecular weight excluding hydrogens is 535 g/mol. The monoisotopic (exact) mass is 572 g/mol. The molecule has 38 heavy (non-hydrogen) atoms. The Morgan fingerprint density at radius 3 is 1.68 bits per heavy atom. The van der Waals surface area contributed by atoms with Crippen LogP contribution in [-0.4, -0.2) is 45.9 Å². The zero-order chi connectivity index (χ0) is 24.0. The molecule has 0 spiro atoms. The Bertz CT molecular complexity index is 1150. The van der Waals surface area contributed by atoms with Gasteiger partial charge >= 0.3 is 0 Å². The Morgan fingerprint density at radius 2 is 1.18 bits per heavy atom. The summed E-state index contributed by atoms with van der Waals surface area (Å²) in [5.41, 5.74) is 6.29. The minimum atomic E-state index is 0. The van der Waals surface area contributed by atoms with Crippen LogP contribution in [0.2, 0.25) is 0 Å². The second-order valence-corrected chi connectivity index (χ2v) is 9.56. The average molecular weight is 574 g/mol. The maximum atomic E-state index is 5.11. The number of aromatic nitrogens is 2. The largest absolute Gasteiger partial charge is 0.342 e. The molecule has 0 bridgehead atoms. The third-order valence-corrected chi connectivity index (χ3v) is 7.23. The molecule has 1 aliphatic heterocycles. The Kier molecular flexibility index (Phi) is 12.8. The number of aryl methyl sites for hydroxylation is 1. The van der Waals surface area contributed by atoms with Gasteiger partial charge in [0.2, 0.25) is 0 Å². The van der Waals surface area contributed by atoms with Crippen molar-refractivity contribution in [3.8, 4) is 11.4 Å². The van der Waals surface area contributed by atoms with Crippen LogP contribution in [0.4, 0.5) is 0 Å². The molecule has 1 unspecified atom stereocenters. The van der Waals surface area contributed by atoms with Gasteiger partial charge in [0.05, 0.1) is 17.8 Å². The second-order valence-electron chi connectivity index (χ2n) is 9.56. The van der Waals surface area contributed by atoms with Gasteiger partial charge in [0.1, 0.15) is 5.82 Å². The van der Waals surface area contributed by atoms with Crippen LogP contribution >= 0.6 is 37.2 Å². The lowest BCUT2D eigenvalue weighted by molar-refractivity contribution is 0.0733. The number of benzene rings is 3. The highest BCUT2D eigenvalue weighted by atomic mass is 35.5. The molecule has 0 amide bonds. The van der Waals surface area contributed by atoms with Crippen molar-refractivity contribution in [1.82, 2.24) is 19.8 Å². The zero-order valence-electron chi connectivity index (χ0n) is 22.1. The Balaban J connectivity index is 0.00000169. The van der Waals surface area contributed by atoms with Crippen LogP contribution < -0.4 is 0 Å². The van der Waals surface area contributed by atoms with Crippen LogP contribution in [0.3, 0.4) is 0 Å². The van der Waals surface area contributed by atoms with Crippen molar-refractivity contribution in [1.29, 1.82) is 0 Å². The first-order chi connectivity index (χ1) is 17.2. The van der Waals surface area contributed by atoms with Gasteiger partial charge in [0, 0.05) is 37.4 Å². The summed E-state index contributed by atoms with van der Waals surface area (Å²) in [5.74, 6) is 0.978. The summed E-state index contributed by atoms with van der Waals surface area (Å²) in [6.07, 6.45) is 2.27. The molecule has 4 aromatic rings. The minimum absolute atomic E-state index is 0. The van der Waals surface area contributed by atoms with Gasteiger partial charge in [0.25, 0.3) is 0 Å². The SMILES string of the molecule is CCCC(c1nc(-c2ccccc2)[nH]c1C)N1CCN(C(c2ccccc2)c2ccccc2)CC1.Cl.Cl.Cl. The maximum Gasteiger partial charge on any atom is 0.137 e. The van der Waals surface area contributed by atoms with E-state index in [9.17, 15) is 0 Å². The van der Waals surface area contributed by atoms with E-state index in [0.717, 1.165) is 50.4 Å². The topological polar surface area (TPSA) is 35.2 Å². The quantitative estimate of drug-likeness (QED) is 0.233. The molecule has 1 atom stereocenters. The number of H-pyrrole nitrogens is 1. The molecule has 7 heteroatoms. The Hall–Kier alpha value is -2.34. The first-order valence-electron chi connectivity index (χ1n) is 12.9. The maximum absolute atomic E-state index is 5.11. The van der Waals surface area contributed by atoms with Crippen molar-refractivity contribution in [3.63, 3.8) is 0 Å². The number of rotatable bonds is 8. The summed E-state index contributed by atoms with van der Waals surface area (Å²) in [6.45, 7) is 8.65. The summed E-state index contributed by atoms with van der Waals surface area (Å²) >= 11 is 0. The smallest absolute Gasteiger partial charge is 0.137 e. The molecule has 1 fully saturated rings. The molecule has 2 heterocycles. The van der Waals surface area contributed by atoms with Gasteiger partial charge in [-0.1, -0.05) is 104 Å². The molecule has 1 N–H and O–H groups in total. The predicted octanol–water partition coefficient (Wildman–Crippen LogP) is 7.90. The van der Waals surface area contributed by atoms with Crippen molar-refractivity contribution in [2.75, 3.05) is 26.2 Å².